The molecule has 0 saturated heterocycles. The highest BCUT2D eigenvalue weighted by Gasteiger charge is 2.24. The van der Waals surface area contributed by atoms with Gasteiger partial charge >= 0.3 is 5.97 Å². The first-order valence-electron chi connectivity index (χ1n) is 5.43. The summed E-state index contributed by atoms with van der Waals surface area (Å²) in [7, 11) is 1.53. The highest BCUT2D eigenvalue weighted by molar-refractivity contribution is 5.87. The fourth-order valence-corrected chi connectivity index (χ4v) is 1.73. The summed E-state index contributed by atoms with van der Waals surface area (Å²) in [5.41, 5.74) is 0.645. The van der Waals surface area contributed by atoms with Crippen LogP contribution in [0.5, 0.6) is 0 Å². The van der Waals surface area contributed by atoms with E-state index < -0.39 is 5.60 Å². The van der Waals surface area contributed by atoms with Crippen molar-refractivity contribution in [2.45, 2.75) is 52.1 Å². The van der Waals surface area contributed by atoms with Gasteiger partial charge in [0.05, 0.1) is 7.11 Å². The largest absolute Gasteiger partial charge is 0.490 e. The first-order valence-corrected chi connectivity index (χ1v) is 5.43. The van der Waals surface area contributed by atoms with Crippen LogP contribution >= 0.6 is 0 Å². The molecular weight excluding hydrogens is 192 g/mol. The lowest BCUT2D eigenvalue weighted by Crippen LogP contribution is -2.25. The van der Waals surface area contributed by atoms with Crippen molar-refractivity contribution in [3.8, 4) is 0 Å². The normalized spacial score (nSPS) is 16.4. The van der Waals surface area contributed by atoms with Gasteiger partial charge in [0, 0.05) is 0 Å². The first kappa shape index (κ1) is 12.1. The Kier molecular flexibility index (Phi) is 3.77. The number of carbonyl (C=O) groups is 1. The van der Waals surface area contributed by atoms with Crippen LogP contribution in [0.25, 0.3) is 0 Å². The second-order valence-corrected chi connectivity index (χ2v) is 4.85. The minimum Gasteiger partial charge on any atom is -0.490 e. The number of esters is 1. The molecule has 0 aliphatic heterocycles. The molecule has 86 valence electrons. The zero-order valence-electron chi connectivity index (χ0n) is 10.1. The van der Waals surface area contributed by atoms with Gasteiger partial charge in [-0.1, -0.05) is 0 Å². The van der Waals surface area contributed by atoms with Gasteiger partial charge in [-0.15, -0.1) is 0 Å². The number of hydrogen-bond donors (Lipinski definition) is 0. The van der Waals surface area contributed by atoms with E-state index in [0.29, 0.717) is 5.76 Å². The molecule has 0 bridgehead atoms. The molecule has 3 heteroatoms. The number of allylic oxidation sites excluding steroid dienone is 1. The van der Waals surface area contributed by atoms with E-state index in [0.717, 1.165) is 31.3 Å². The molecule has 0 atom stereocenters. The van der Waals surface area contributed by atoms with Crippen molar-refractivity contribution >= 4 is 5.97 Å². The molecule has 1 saturated carbocycles. The van der Waals surface area contributed by atoms with Crippen molar-refractivity contribution in [2.24, 2.45) is 0 Å². The van der Waals surface area contributed by atoms with E-state index in [1.807, 2.05) is 20.8 Å². The van der Waals surface area contributed by atoms with Gasteiger partial charge in [-0.3, -0.25) is 0 Å². The molecule has 3 nitrogen and oxygen atoms in total. The van der Waals surface area contributed by atoms with Crippen molar-refractivity contribution in [2.75, 3.05) is 7.11 Å². The Morgan fingerprint density at radius 2 is 1.73 bits per heavy atom. The molecule has 1 fully saturated rings. The summed E-state index contributed by atoms with van der Waals surface area (Å²) in [4.78, 5) is 11.8. The summed E-state index contributed by atoms with van der Waals surface area (Å²) in [6.07, 6.45) is 4.21. The molecule has 0 N–H and O–H groups in total. The Labute approximate surface area is 91.4 Å². The van der Waals surface area contributed by atoms with Crippen molar-refractivity contribution in [3.63, 3.8) is 0 Å². The van der Waals surface area contributed by atoms with Crippen LogP contribution in [0, 0.1) is 0 Å². The van der Waals surface area contributed by atoms with Crippen molar-refractivity contribution in [1.82, 2.24) is 0 Å². The second-order valence-electron chi connectivity index (χ2n) is 4.85. The molecule has 0 unspecified atom stereocenters. The summed E-state index contributed by atoms with van der Waals surface area (Å²) >= 11 is 0. The average molecular weight is 212 g/mol. The van der Waals surface area contributed by atoms with E-state index in [2.05, 4.69) is 0 Å². The van der Waals surface area contributed by atoms with Crippen LogP contribution in [0.4, 0.5) is 0 Å². The molecule has 1 aliphatic rings. The maximum Gasteiger partial charge on any atom is 0.374 e. The van der Waals surface area contributed by atoms with E-state index in [1.165, 1.54) is 7.11 Å². The van der Waals surface area contributed by atoms with Crippen LogP contribution in [-0.4, -0.2) is 18.7 Å². The average Bonchev–Trinajstić information content (AvgIpc) is 2.54. The molecule has 0 aromatic heterocycles. The quantitative estimate of drug-likeness (QED) is 0.401. The van der Waals surface area contributed by atoms with Gasteiger partial charge in [0.25, 0.3) is 0 Å². The predicted octanol–water partition coefficient (Wildman–Crippen LogP) is 2.80. The third-order valence-corrected chi connectivity index (χ3v) is 2.32. The minimum absolute atomic E-state index is 0.332. The lowest BCUT2D eigenvalue weighted by atomic mass is 10.1. The molecular formula is C12H20O3. The number of methoxy groups -OCH3 is 1. The van der Waals surface area contributed by atoms with E-state index >= 15 is 0 Å². The summed E-state index contributed by atoms with van der Waals surface area (Å²) in [6.45, 7) is 5.58. The lowest BCUT2D eigenvalue weighted by molar-refractivity contribution is -0.153. The van der Waals surface area contributed by atoms with Crippen LogP contribution in [0.15, 0.2) is 11.3 Å². The standard InChI is InChI=1S/C12H20O3/c1-12(2,3)15-11(13)10(14-4)9-7-5-6-8-9/h5-8H2,1-4H3. The third-order valence-electron chi connectivity index (χ3n) is 2.32. The number of carbonyl (C=O) groups excluding carboxylic acids is 1. The van der Waals surface area contributed by atoms with Crippen molar-refractivity contribution < 1.29 is 14.3 Å². The maximum absolute atomic E-state index is 11.8. The molecule has 0 aromatic rings. The van der Waals surface area contributed by atoms with Crippen LogP contribution < -0.4 is 0 Å². The smallest absolute Gasteiger partial charge is 0.374 e. The number of rotatable bonds is 2. The van der Waals surface area contributed by atoms with Crippen LogP contribution in [0.1, 0.15) is 46.5 Å². The van der Waals surface area contributed by atoms with Crippen molar-refractivity contribution in [1.29, 1.82) is 0 Å². The van der Waals surface area contributed by atoms with E-state index in [1.54, 1.807) is 0 Å². The van der Waals surface area contributed by atoms with Crippen molar-refractivity contribution in [3.05, 3.63) is 11.3 Å². The zero-order valence-corrected chi connectivity index (χ0v) is 10.1. The second kappa shape index (κ2) is 4.69. The Balaban J connectivity index is 2.75. The van der Waals surface area contributed by atoms with Crippen LogP contribution in [0.3, 0.4) is 0 Å². The Bertz CT molecular complexity index is 263. The highest BCUT2D eigenvalue weighted by atomic mass is 16.6. The summed E-state index contributed by atoms with van der Waals surface area (Å²) < 4.78 is 10.4. The maximum atomic E-state index is 11.8. The molecule has 0 radical (unpaired) electrons. The fourth-order valence-electron chi connectivity index (χ4n) is 1.73. The number of ether oxygens (including phenoxy) is 2. The molecule has 0 heterocycles. The minimum atomic E-state index is -0.458. The molecule has 1 aliphatic carbocycles. The third kappa shape index (κ3) is 3.57. The van der Waals surface area contributed by atoms with E-state index in [9.17, 15) is 4.79 Å². The summed E-state index contributed by atoms with van der Waals surface area (Å²) in [5.74, 6) is 0.0873. The SMILES string of the molecule is COC(C(=O)OC(C)(C)C)=C1CCCC1. The number of hydrogen-bond acceptors (Lipinski definition) is 3. The summed E-state index contributed by atoms with van der Waals surface area (Å²) in [6, 6.07) is 0. The molecule has 0 aromatic carbocycles. The van der Waals surface area contributed by atoms with Gasteiger partial charge < -0.3 is 9.47 Å². The molecule has 15 heavy (non-hydrogen) atoms. The molecule has 1 rings (SSSR count). The molecule has 0 amide bonds. The monoisotopic (exact) mass is 212 g/mol. The van der Waals surface area contributed by atoms with Gasteiger partial charge in [0.1, 0.15) is 5.60 Å². The fraction of sp³-hybridized carbons (Fsp3) is 0.750. The van der Waals surface area contributed by atoms with Gasteiger partial charge in [0.2, 0.25) is 5.76 Å². The summed E-state index contributed by atoms with van der Waals surface area (Å²) in [5, 5.41) is 0. The highest BCUT2D eigenvalue weighted by Crippen LogP contribution is 2.28. The Hall–Kier alpha value is -0.990. The van der Waals surface area contributed by atoms with E-state index in [4.69, 9.17) is 9.47 Å². The van der Waals surface area contributed by atoms with Gasteiger partial charge in [0.15, 0.2) is 0 Å². The Morgan fingerprint density at radius 1 is 1.20 bits per heavy atom. The van der Waals surface area contributed by atoms with Crippen LogP contribution in [0.2, 0.25) is 0 Å². The molecule has 0 spiro atoms. The topological polar surface area (TPSA) is 35.5 Å². The first-order chi connectivity index (χ1) is 6.94. The van der Waals surface area contributed by atoms with Gasteiger partial charge in [-0.05, 0) is 52.0 Å². The lowest BCUT2D eigenvalue weighted by Gasteiger charge is -2.20. The van der Waals surface area contributed by atoms with Crippen LogP contribution in [-0.2, 0) is 14.3 Å². The van der Waals surface area contributed by atoms with E-state index in [-0.39, 0.29) is 5.97 Å². The Morgan fingerprint density at radius 3 is 2.13 bits per heavy atom. The zero-order chi connectivity index (χ0) is 11.5. The van der Waals surface area contributed by atoms with Gasteiger partial charge in [-0.2, -0.15) is 0 Å². The van der Waals surface area contributed by atoms with Gasteiger partial charge in [-0.25, -0.2) is 4.79 Å². The predicted molar refractivity (Wildman–Crippen MR) is 58.3 cm³/mol.